The zero-order chi connectivity index (χ0) is 14.3. The van der Waals surface area contributed by atoms with E-state index in [2.05, 4.69) is 5.32 Å². The lowest BCUT2D eigenvalue weighted by atomic mass is 10.4. The largest absolute Gasteiger partial charge is 0.456 e. The highest BCUT2D eigenvalue weighted by atomic mass is 32.1. The van der Waals surface area contributed by atoms with Gasteiger partial charge in [0.1, 0.15) is 0 Å². The van der Waals surface area contributed by atoms with Gasteiger partial charge in [-0.25, -0.2) is 0 Å². The van der Waals surface area contributed by atoms with Crippen molar-refractivity contribution in [1.29, 1.82) is 0 Å². The van der Waals surface area contributed by atoms with Crippen LogP contribution in [0.2, 0.25) is 0 Å². The molecule has 0 aromatic carbocycles. The summed E-state index contributed by atoms with van der Waals surface area (Å²) >= 11 is 1.33. The van der Waals surface area contributed by atoms with E-state index in [0.717, 1.165) is 0 Å². The molecule has 19 heavy (non-hydrogen) atoms. The lowest BCUT2D eigenvalue weighted by molar-refractivity contribution is -0.150. The molecule has 0 atom stereocenters. The summed E-state index contributed by atoms with van der Waals surface area (Å²) in [5.74, 6) is -1.01. The number of esters is 1. The highest BCUT2D eigenvalue weighted by Gasteiger charge is 2.10. The molecule has 0 fully saturated rings. The SMILES string of the molecule is CN(C)C(=O)COC(=O)CCNC(=O)c1cccs1. The van der Waals surface area contributed by atoms with Gasteiger partial charge in [0.2, 0.25) is 0 Å². The van der Waals surface area contributed by atoms with Crippen molar-refractivity contribution in [2.45, 2.75) is 6.42 Å². The van der Waals surface area contributed by atoms with Gasteiger partial charge in [-0.15, -0.1) is 11.3 Å². The molecular formula is C12H16N2O4S. The third kappa shape index (κ3) is 5.52. The van der Waals surface area contributed by atoms with Crippen LogP contribution >= 0.6 is 11.3 Å². The van der Waals surface area contributed by atoms with Gasteiger partial charge in [-0.2, -0.15) is 0 Å². The first-order valence-electron chi connectivity index (χ1n) is 5.68. The highest BCUT2D eigenvalue weighted by Crippen LogP contribution is 2.07. The predicted molar refractivity (Wildman–Crippen MR) is 70.9 cm³/mol. The number of nitrogens with one attached hydrogen (secondary N) is 1. The second-order valence-electron chi connectivity index (χ2n) is 3.93. The summed E-state index contributed by atoms with van der Waals surface area (Å²) in [5, 5.41) is 4.40. The summed E-state index contributed by atoms with van der Waals surface area (Å²) in [5.41, 5.74) is 0. The number of carbonyl (C=O) groups is 3. The van der Waals surface area contributed by atoms with Gasteiger partial charge in [-0.3, -0.25) is 14.4 Å². The molecule has 0 bridgehead atoms. The van der Waals surface area contributed by atoms with Crippen LogP contribution in [0.15, 0.2) is 17.5 Å². The lowest BCUT2D eigenvalue weighted by Gasteiger charge is -2.10. The van der Waals surface area contributed by atoms with Crippen molar-refractivity contribution in [3.63, 3.8) is 0 Å². The molecule has 0 aliphatic heterocycles. The molecule has 7 heteroatoms. The minimum Gasteiger partial charge on any atom is -0.456 e. The van der Waals surface area contributed by atoms with Gasteiger partial charge in [0.15, 0.2) is 6.61 Å². The molecular weight excluding hydrogens is 268 g/mol. The molecule has 1 aromatic heterocycles. The van der Waals surface area contributed by atoms with Crippen molar-refractivity contribution in [2.24, 2.45) is 0 Å². The van der Waals surface area contributed by atoms with Gasteiger partial charge in [0, 0.05) is 20.6 Å². The number of amides is 2. The summed E-state index contributed by atoms with van der Waals surface area (Å²) in [6.07, 6.45) is 0.0395. The van der Waals surface area contributed by atoms with Crippen LogP contribution in [0.3, 0.4) is 0 Å². The number of thiophene rings is 1. The fraction of sp³-hybridized carbons (Fsp3) is 0.417. The fourth-order valence-corrected chi connectivity index (χ4v) is 1.76. The minimum absolute atomic E-state index is 0.0395. The van der Waals surface area contributed by atoms with Gasteiger partial charge in [-0.05, 0) is 11.4 Å². The number of rotatable bonds is 6. The van der Waals surface area contributed by atoms with E-state index in [4.69, 9.17) is 4.74 Å². The molecule has 0 spiro atoms. The smallest absolute Gasteiger partial charge is 0.308 e. The first kappa shape index (κ1) is 15.2. The molecule has 6 nitrogen and oxygen atoms in total. The number of hydrogen-bond acceptors (Lipinski definition) is 5. The number of carbonyl (C=O) groups excluding carboxylic acids is 3. The predicted octanol–water partition coefficient (Wildman–Crippen LogP) is 0.499. The molecule has 0 aliphatic rings. The van der Waals surface area contributed by atoms with Gasteiger partial charge in [0.05, 0.1) is 11.3 Å². The van der Waals surface area contributed by atoms with Gasteiger partial charge < -0.3 is 15.0 Å². The maximum absolute atomic E-state index is 11.5. The van der Waals surface area contributed by atoms with Crippen LogP contribution in [0.1, 0.15) is 16.1 Å². The molecule has 0 unspecified atom stereocenters. The molecule has 1 rings (SSSR count). The number of likely N-dealkylation sites (N-methyl/N-ethyl adjacent to an activating group) is 1. The van der Waals surface area contributed by atoms with E-state index in [0.29, 0.717) is 4.88 Å². The molecule has 2 amide bonds. The summed E-state index contributed by atoms with van der Waals surface area (Å²) in [7, 11) is 3.16. The quantitative estimate of drug-likeness (QED) is 0.772. The highest BCUT2D eigenvalue weighted by molar-refractivity contribution is 7.12. The summed E-state index contributed by atoms with van der Waals surface area (Å²) in [6.45, 7) is -0.0869. The van der Waals surface area contributed by atoms with Crippen molar-refractivity contribution in [2.75, 3.05) is 27.2 Å². The maximum Gasteiger partial charge on any atom is 0.308 e. The number of hydrogen-bond donors (Lipinski definition) is 1. The monoisotopic (exact) mass is 284 g/mol. The molecule has 0 saturated heterocycles. The fourth-order valence-electron chi connectivity index (χ4n) is 1.12. The van der Waals surface area contributed by atoms with E-state index < -0.39 is 5.97 Å². The molecule has 1 N–H and O–H groups in total. The van der Waals surface area contributed by atoms with Gasteiger partial charge in [-0.1, -0.05) is 6.07 Å². The van der Waals surface area contributed by atoms with Crippen LogP contribution in [0.25, 0.3) is 0 Å². The van der Waals surface area contributed by atoms with Gasteiger partial charge in [0.25, 0.3) is 11.8 Å². The van der Waals surface area contributed by atoms with E-state index in [1.165, 1.54) is 16.2 Å². The normalized spacial score (nSPS) is 9.79. The van der Waals surface area contributed by atoms with E-state index in [-0.39, 0.29) is 31.4 Å². The Morgan fingerprint density at radius 2 is 2.11 bits per heavy atom. The zero-order valence-corrected chi connectivity index (χ0v) is 11.7. The summed E-state index contributed by atoms with van der Waals surface area (Å²) in [6, 6.07) is 3.48. The Morgan fingerprint density at radius 1 is 1.37 bits per heavy atom. The van der Waals surface area contributed by atoms with E-state index in [1.807, 2.05) is 0 Å². The molecule has 0 aliphatic carbocycles. The first-order valence-corrected chi connectivity index (χ1v) is 6.56. The van der Waals surface area contributed by atoms with Crippen LogP contribution < -0.4 is 5.32 Å². The first-order chi connectivity index (χ1) is 9.00. The van der Waals surface area contributed by atoms with Gasteiger partial charge >= 0.3 is 5.97 Å². The minimum atomic E-state index is -0.512. The number of nitrogens with zero attached hydrogens (tertiary/aromatic N) is 1. The van der Waals surface area contributed by atoms with Crippen LogP contribution in [0.5, 0.6) is 0 Å². The third-order valence-electron chi connectivity index (χ3n) is 2.22. The molecule has 104 valence electrons. The maximum atomic E-state index is 11.5. The van der Waals surface area contributed by atoms with Crippen LogP contribution in [-0.2, 0) is 14.3 Å². The Balaban J connectivity index is 2.17. The average molecular weight is 284 g/mol. The Kier molecular flexibility index (Phi) is 6.01. The lowest BCUT2D eigenvalue weighted by Crippen LogP contribution is -2.29. The standard InChI is InChI=1S/C12H16N2O4S/c1-14(2)10(15)8-18-11(16)5-6-13-12(17)9-4-3-7-19-9/h3-4,7H,5-6,8H2,1-2H3,(H,13,17). The Morgan fingerprint density at radius 3 is 2.68 bits per heavy atom. The zero-order valence-electron chi connectivity index (χ0n) is 10.8. The molecule has 0 saturated carbocycles. The number of ether oxygens (including phenoxy) is 1. The Bertz CT molecular complexity index is 443. The average Bonchev–Trinajstić information content (AvgIpc) is 2.89. The van der Waals surface area contributed by atoms with Crippen molar-refractivity contribution in [3.05, 3.63) is 22.4 Å². The second-order valence-corrected chi connectivity index (χ2v) is 4.88. The van der Waals surface area contributed by atoms with Crippen LogP contribution in [0, 0.1) is 0 Å². The summed E-state index contributed by atoms with van der Waals surface area (Å²) < 4.78 is 4.76. The van der Waals surface area contributed by atoms with Crippen molar-refractivity contribution < 1.29 is 19.1 Å². The Labute approximate surface area is 115 Å². The molecule has 1 heterocycles. The van der Waals surface area contributed by atoms with Crippen molar-refractivity contribution in [1.82, 2.24) is 10.2 Å². The third-order valence-corrected chi connectivity index (χ3v) is 3.08. The Hall–Kier alpha value is -1.89. The topological polar surface area (TPSA) is 75.7 Å². The van der Waals surface area contributed by atoms with E-state index in [1.54, 1.807) is 31.6 Å². The van der Waals surface area contributed by atoms with Crippen LogP contribution in [0.4, 0.5) is 0 Å². The van der Waals surface area contributed by atoms with Crippen LogP contribution in [-0.4, -0.2) is 49.9 Å². The molecule has 1 aromatic rings. The van der Waals surface area contributed by atoms with Crippen molar-refractivity contribution >= 4 is 29.1 Å². The van der Waals surface area contributed by atoms with E-state index >= 15 is 0 Å². The van der Waals surface area contributed by atoms with E-state index in [9.17, 15) is 14.4 Å². The second kappa shape index (κ2) is 7.52. The summed E-state index contributed by atoms with van der Waals surface area (Å²) in [4.78, 5) is 35.9. The van der Waals surface area contributed by atoms with Crippen molar-refractivity contribution in [3.8, 4) is 0 Å². The molecule has 0 radical (unpaired) electrons.